The quantitative estimate of drug-likeness (QED) is 0.0604. The van der Waals surface area contributed by atoms with Crippen LogP contribution in [0.2, 0.25) is 0 Å². The van der Waals surface area contributed by atoms with Gasteiger partial charge in [-0.25, -0.2) is 13.2 Å². The van der Waals surface area contributed by atoms with Crippen molar-refractivity contribution in [2.24, 2.45) is 71.0 Å². The molecule has 6 aliphatic carbocycles. The minimum Gasteiger partial charge on any atom is -0.490 e. The summed E-state index contributed by atoms with van der Waals surface area (Å²) in [5.74, 6) is 22.0. The number of rotatable bonds is 21. The molecular weight excluding hydrogens is 1130 g/mol. The normalized spacial score (nSPS) is 26.7. The van der Waals surface area contributed by atoms with E-state index in [1.807, 2.05) is 20.8 Å². The monoisotopic (exact) mass is 1250 g/mol. The summed E-state index contributed by atoms with van der Waals surface area (Å²) in [5, 5.41) is 0. The first-order chi connectivity index (χ1) is 43.9. The van der Waals surface area contributed by atoms with Crippen molar-refractivity contribution in [3.05, 3.63) is 88.0 Å². The van der Waals surface area contributed by atoms with Crippen molar-refractivity contribution >= 4 is 0 Å². The Balaban J connectivity index is 0.000000192. The first-order valence-electron chi connectivity index (χ1n) is 36.7. The third kappa shape index (κ3) is 22.8. The second-order valence-electron chi connectivity index (χ2n) is 28.1. The standard InChI is InChI=1S/C28H40F2O.C27H38F2O.C26H36F2O/c1-3-5-7-21-8-13-23(14-9-21)24-15-10-22(11-16-24)12-17-25-18-19-26(28(30)27(25)29)31-20-6-4-2;1-3-5-19-30-25-18-17-24(26(28)27(25)29)16-11-21-9-14-23(15-10-21)22-12-7-20(6-4-2)8-13-22;1-3-5-18-29-24-17-16-23(25(27)26(24)28)15-10-20-8-13-22(14-9-20)21-11-6-19(4-2)7-12-21/h18-19,21-24H,3-11,13-16,20H2,1-2H3;17-18,20-23H,3-10,12-15,19H2,1-2H3;16-17,19-22H,3-9,11-14,18H2,1-2H3. The summed E-state index contributed by atoms with van der Waals surface area (Å²) in [6, 6.07) is 9.16. The second kappa shape index (κ2) is 39.8. The summed E-state index contributed by atoms with van der Waals surface area (Å²) < 4.78 is 102. The number of ether oxygens (including phenoxy) is 3. The van der Waals surface area contributed by atoms with E-state index in [0.29, 0.717) is 37.6 Å². The first kappa shape index (κ1) is 72.7. The topological polar surface area (TPSA) is 27.7 Å². The van der Waals surface area contributed by atoms with Gasteiger partial charge < -0.3 is 14.2 Å². The van der Waals surface area contributed by atoms with Crippen LogP contribution < -0.4 is 14.2 Å². The van der Waals surface area contributed by atoms with E-state index in [4.69, 9.17) is 14.2 Å². The van der Waals surface area contributed by atoms with E-state index in [2.05, 4.69) is 56.3 Å². The number of unbranched alkanes of at least 4 members (excludes halogenated alkanes) is 4. The van der Waals surface area contributed by atoms with Crippen LogP contribution in [-0.4, -0.2) is 19.8 Å². The molecule has 3 aromatic rings. The molecule has 90 heavy (non-hydrogen) atoms. The van der Waals surface area contributed by atoms with Crippen LogP contribution >= 0.6 is 0 Å². The van der Waals surface area contributed by atoms with Crippen molar-refractivity contribution in [1.82, 2.24) is 0 Å². The highest BCUT2D eigenvalue weighted by atomic mass is 19.2. The van der Waals surface area contributed by atoms with Crippen molar-refractivity contribution in [2.75, 3.05) is 19.8 Å². The average Bonchev–Trinajstić information content (AvgIpc) is 1.69. The summed E-state index contributed by atoms with van der Waals surface area (Å²) in [5.41, 5.74) is 0.435. The van der Waals surface area contributed by atoms with Crippen LogP contribution in [0, 0.1) is 141 Å². The highest BCUT2D eigenvalue weighted by Gasteiger charge is 2.33. The Kier molecular flexibility index (Phi) is 32.1. The van der Waals surface area contributed by atoms with Crippen molar-refractivity contribution in [1.29, 1.82) is 0 Å². The summed E-state index contributed by atoms with van der Waals surface area (Å²) in [6.45, 7) is 14.2. The van der Waals surface area contributed by atoms with Crippen LogP contribution in [0.3, 0.4) is 0 Å². The number of hydrogen-bond donors (Lipinski definition) is 0. The van der Waals surface area contributed by atoms with Gasteiger partial charge in [-0.2, -0.15) is 13.2 Å². The largest absolute Gasteiger partial charge is 0.490 e. The fraction of sp³-hybridized carbons (Fsp3) is 0.704. The Morgan fingerprint density at radius 3 is 0.833 bits per heavy atom. The second-order valence-corrected chi connectivity index (χ2v) is 28.1. The van der Waals surface area contributed by atoms with E-state index in [9.17, 15) is 26.3 Å². The van der Waals surface area contributed by atoms with Crippen molar-refractivity contribution in [2.45, 2.75) is 273 Å². The lowest BCUT2D eigenvalue weighted by molar-refractivity contribution is 0.153. The highest BCUT2D eigenvalue weighted by Crippen LogP contribution is 2.45. The van der Waals surface area contributed by atoms with Crippen LogP contribution in [0.1, 0.15) is 289 Å². The minimum atomic E-state index is -0.917. The van der Waals surface area contributed by atoms with Crippen molar-refractivity contribution in [3.8, 4) is 52.8 Å². The fourth-order valence-electron chi connectivity index (χ4n) is 15.8. The molecule has 0 aliphatic heterocycles. The summed E-state index contributed by atoms with van der Waals surface area (Å²) in [7, 11) is 0. The predicted molar refractivity (Wildman–Crippen MR) is 358 cm³/mol. The number of hydrogen-bond acceptors (Lipinski definition) is 3. The molecule has 0 radical (unpaired) electrons. The lowest BCUT2D eigenvalue weighted by Crippen LogP contribution is -2.25. The van der Waals surface area contributed by atoms with E-state index in [0.717, 1.165) is 130 Å². The van der Waals surface area contributed by atoms with Crippen LogP contribution in [-0.2, 0) is 0 Å². The Morgan fingerprint density at radius 2 is 0.567 bits per heavy atom. The summed E-state index contributed by atoms with van der Waals surface area (Å²) in [6.07, 6.45) is 44.4. The minimum absolute atomic E-state index is 0.0126. The molecule has 0 spiro atoms. The zero-order valence-electron chi connectivity index (χ0n) is 56.5. The maximum Gasteiger partial charge on any atom is 0.201 e. The van der Waals surface area contributed by atoms with Crippen LogP contribution in [0.5, 0.6) is 17.2 Å². The van der Waals surface area contributed by atoms with Gasteiger partial charge >= 0.3 is 0 Å². The van der Waals surface area contributed by atoms with Gasteiger partial charge in [0.2, 0.25) is 17.5 Å². The Bertz CT molecular complexity index is 2750. The Labute approximate surface area is 542 Å². The van der Waals surface area contributed by atoms with Gasteiger partial charge in [-0.15, -0.1) is 0 Å². The molecule has 0 saturated heterocycles. The average molecular weight is 1250 g/mol. The lowest BCUT2D eigenvalue weighted by Gasteiger charge is -2.37. The third-order valence-corrected chi connectivity index (χ3v) is 21.9. The molecule has 0 N–H and O–H groups in total. The van der Waals surface area contributed by atoms with Gasteiger partial charge in [0.05, 0.1) is 36.5 Å². The summed E-state index contributed by atoms with van der Waals surface area (Å²) in [4.78, 5) is 0. The lowest BCUT2D eigenvalue weighted by atomic mass is 9.69. The van der Waals surface area contributed by atoms with Gasteiger partial charge in [0.1, 0.15) is 0 Å². The van der Waals surface area contributed by atoms with Crippen molar-refractivity contribution < 1.29 is 40.6 Å². The molecular formula is C81H114F6O3. The van der Waals surface area contributed by atoms with Gasteiger partial charge in [-0.05, 0) is 224 Å². The van der Waals surface area contributed by atoms with E-state index >= 15 is 0 Å². The smallest absolute Gasteiger partial charge is 0.201 e. The molecule has 0 aromatic heterocycles. The van der Waals surface area contributed by atoms with Crippen LogP contribution in [0.25, 0.3) is 0 Å². The summed E-state index contributed by atoms with van der Waals surface area (Å²) >= 11 is 0. The first-order valence-corrected chi connectivity index (χ1v) is 36.7. The molecule has 3 aromatic carbocycles. The SMILES string of the molecule is CCCCOc1ccc(C#CC2CCC(C3CCC(CC)CC3)CC2)c(F)c1F.CCCCOc1ccc(C#CC2CCC(C3CCC(CCC)CC3)CC2)c(F)c1F.CCCCOc1ccc(C#CC2CCC(C3CCC(CCCC)CC3)CC2)c(F)c1F. The molecule has 6 fully saturated rings. The zero-order valence-corrected chi connectivity index (χ0v) is 56.5. The predicted octanol–water partition coefficient (Wildman–Crippen LogP) is 23.7. The molecule has 0 bridgehead atoms. The molecule has 9 rings (SSSR count). The molecule has 0 atom stereocenters. The Morgan fingerprint density at radius 1 is 0.300 bits per heavy atom. The fourth-order valence-corrected chi connectivity index (χ4v) is 15.8. The molecule has 6 aliphatic rings. The van der Waals surface area contributed by atoms with Gasteiger partial charge in [-0.1, -0.05) is 173 Å². The zero-order chi connectivity index (χ0) is 64.0. The van der Waals surface area contributed by atoms with Gasteiger partial charge in [0.15, 0.2) is 34.7 Å². The molecule has 498 valence electrons. The number of benzene rings is 3. The highest BCUT2D eigenvalue weighted by molar-refractivity contribution is 5.43. The molecule has 6 saturated carbocycles. The van der Waals surface area contributed by atoms with Gasteiger partial charge in [-0.3, -0.25) is 0 Å². The molecule has 3 nitrogen and oxygen atoms in total. The van der Waals surface area contributed by atoms with Crippen LogP contribution in [0.4, 0.5) is 26.3 Å². The molecule has 0 heterocycles. The van der Waals surface area contributed by atoms with E-state index < -0.39 is 34.9 Å². The maximum absolute atomic E-state index is 14.4. The van der Waals surface area contributed by atoms with Crippen LogP contribution in [0.15, 0.2) is 36.4 Å². The number of halogens is 6. The molecule has 0 amide bonds. The van der Waals surface area contributed by atoms with Gasteiger partial charge in [0.25, 0.3) is 0 Å². The Hall–Kier alpha value is -4.68. The molecule has 9 heteroatoms. The van der Waals surface area contributed by atoms with E-state index in [1.165, 1.54) is 172 Å². The maximum atomic E-state index is 14.4. The van der Waals surface area contributed by atoms with Crippen molar-refractivity contribution in [3.63, 3.8) is 0 Å². The van der Waals surface area contributed by atoms with E-state index in [-0.39, 0.29) is 33.9 Å². The third-order valence-electron chi connectivity index (χ3n) is 21.9. The van der Waals surface area contributed by atoms with E-state index in [1.54, 1.807) is 18.2 Å². The van der Waals surface area contributed by atoms with Gasteiger partial charge in [0, 0.05) is 17.8 Å². The molecule has 0 unspecified atom stereocenters.